The monoisotopic (exact) mass is 263 g/mol. The number of nitrogens with one attached hydrogen (secondary N) is 2. The number of nitrogens with zero attached hydrogens (tertiary/aromatic N) is 1. The molecule has 2 heterocycles. The second kappa shape index (κ2) is 3.96. The molecule has 0 spiro atoms. The number of imidazole rings is 1. The number of fused-ring (bicyclic) bond motifs is 1. The number of halogens is 2. The highest BCUT2D eigenvalue weighted by atomic mass is 35.5. The Kier molecular flexibility index (Phi) is 2.41. The van der Waals surface area contributed by atoms with Crippen LogP contribution in [-0.2, 0) is 0 Å². The molecule has 0 amide bonds. The molecule has 2 aromatic heterocycles. The van der Waals surface area contributed by atoms with E-state index < -0.39 is 0 Å². The number of hydrogen-bond acceptors (Lipinski definition) is 2. The van der Waals surface area contributed by atoms with Crippen LogP contribution in [0.5, 0.6) is 0 Å². The second-order valence-corrected chi connectivity index (χ2v) is 4.20. The lowest BCUT2D eigenvalue weighted by Crippen LogP contribution is -1.99. The first-order valence-electron chi connectivity index (χ1n) is 5.17. The second-order valence-electron chi connectivity index (χ2n) is 3.79. The Morgan fingerprint density at radius 1 is 1.17 bits per heavy atom. The Bertz CT molecular complexity index is 776. The number of rotatable bonds is 1. The predicted octanol–water partition coefficient (Wildman–Crippen LogP) is 2.71. The third-order valence-corrected chi connectivity index (χ3v) is 2.92. The number of aromatic amines is 2. The van der Waals surface area contributed by atoms with Crippen molar-refractivity contribution in [2.24, 2.45) is 0 Å². The van der Waals surface area contributed by atoms with E-state index in [1.54, 1.807) is 12.1 Å². The molecule has 4 nitrogen and oxygen atoms in total. The lowest BCUT2D eigenvalue weighted by molar-refractivity contribution is 0.628. The highest BCUT2D eigenvalue weighted by molar-refractivity contribution is 6.34. The summed E-state index contributed by atoms with van der Waals surface area (Å²) in [5.41, 5.74) is 1.91. The summed E-state index contributed by atoms with van der Waals surface area (Å²) in [4.78, 5) is 20.5. The van der Waals surface area contributed by atoms with E-state index in [4.69, 9.17) is 11.6 Å². The number of aromatic nitrogens is 3. The Labute approximate surface area is 105 Å². The SMILES string of the molecule is O=c1[nH]c2ncc(Cl)c(-c3ccc(F)cc3)c2[nH]1. The minimum atomic E-state index is -0.358. The lowest BCUT2D eigenvalue weighted by Gasteiger charge is -2.05. The topological polar surface area (TPSA) is 61.5 Å². The van der Waals surface area contributed by atoms with Crippen molar-refractivity contribution in [2.75, 3.05) is 0 Å². The van der Waals surface area contributed by atoms with E-state index in [1.807, 2.05) is 0 Å². The van der Waals surface area contributed by atoms with Crippen molar-refractivity contribution in [1.82, 2.24) is 15.0 Å². The third kappa shape index (κ3) is 1.69. The maximum atomic E-state index is 12.9. The molecule has 0 saturated carbocycles. The van der Waals surface area contributed by atoms with Gasteiger partial charge < -0.3 is 4.98 Å². The molecular weight excluding hydrogens is 257 g/mol. The Morgan fingerprint density at radius 3 is 2.61 bits per heavy atom. The molecule has 0 aliphatic carbocycles. The zero-order valence-corrected chi connectivity index (χ0v) is 9.75. The van der Waals surface area contributed by atoms with Crippen LogP contribution in [0.1, 0.15) is 0 Å². The van der Waals surface area contributed by atoms with E-state index in [0.717, 1.165) is 0 Å². The molecule has 2 N–H and O–H groups in total. The van der Waals surface area contributed by atoms with Crippen molar-refractivity contribution in [3.63, 3.8) is 0 Å². The summed E-state index contributed by atoms with van der Waals surface area (Å²) in [6, 6.07) is 5.87. The molecule has 0 bridgehead atoms. The molecule has 0 fully saturated rings. The van der Waals surface area contributed by atoms with Gasteiger partial charge in [-0.3, -0.25) is 4.98 Å². The fraction of sp³-hybridized carbons (Fsp3) is 0. The fourth-order valence-electron chi connectivity index (χ4n) is 1.86. The van der Waals surface area contributed by atoms with Crippen LogP contribution in [0.2, 0.25) is 5.02 Å². The molecule has 3 rings (SSSR count). The average molecular weight is 264 g/mol. The highest BCUT2D eigenvalue weighted by Gasteiger charge is 2.12. The molecule has 90 valence electrons. The molecule has 0 radical (unpaired) electrons. The molecular formula is C12H7ClFN3O. The van der Waals surface area contributed by atoms with Gasteiger partial charge in [0, 0.05) is 11.8 Å². The van der Waals surface area contributed by atoms with Gasteiger partial charge in [-0.1, -0.05) is 23.7 Å². The van der Waals surface area contributed by atoms with Crippen LogP contribution in [0.25, 0.3) is 22.3 Å². The van der Waals surface area contributed by atoms with E-state index in [0.29, 0.717) is 27.3 Å². The smallest absolute Gasteiger partial charge is 0.304 e. The molecule has 3 aromatic rings. The number of pyridine rings is 1. The standard InChI is InChI=1S/C12H7ClFN3O/c13-8-5-15-11-10(16-12(18)17-11)9(8)6-1-3-7(14)4-2-6/h1-5H,(H2,15,16,17,18). The maximum Gasteiger partial charge on any atom is 0.325 e. The molecule has 0 aliphatic heterocycles. The van der Waals surface area contributed by atoms with Gasteiger partial charge in [-0.15, -0.1) is 0 Å². The summed E-state index contributed by atoms with van der Waals surface area (Å²) in [6.45, 7) is 0. The van der Waals surface area contributed by atoms with Gasteiger partial charge in [0.1, 0.15) is 5.82 Å². The normalized spacial score (nSPS) is 11.0. The summed E-state index contributed by atoms with van der Waals surface area (Å²) in [6.07, 6.45) is 1.45. The first-order valence-corrected chi connectivity index (χ1v) is 5.55. The lowest BCUT2D eigenvalue weighted by atomic mass is 10.1. The van der Waals surface area contributed by atoms with E-state index >= 15 is 0 Å². The maximum absolute atomic E-state index is 12.9. The molecule has 0 aliphatic rings. The van der Waals surface area contributed by atoms with Crippen LogP contribution >= 0.6 is 11.6 Å². The van der Waals surface area contributed by atoms with Gasteiger partial charge in [0.15, 0.2) is 5.65 Å². The average Bonchev–Trinajstić information content (AvgIpc) is 2.71. The van der Waals surface area contributed by atoms with Gasteiger partial charge in [0.2, 0.25) is 0 Å². The van der Waals surface area contributed by atoms with Crippen LogP contribution < -0.4 is 5.69 Å². The van der Waals surface area contributed by atoms with Gasteiger partial charge in [-0.2, -0.15) is 0 Å². The zero-order valence-electron chi connectivity index (χ0n) is 9.00. The Morgan fingerprint density at radius 2 is 1.89 bits per heavy atom. The summed E-state index contributed by atoms with van der Waals surface area (Å²) in [5.74, 6) is -0.331. The van der Waals surface area contributed by atoms with E-state index in [9.17, 15) is 9.18 Å². The van der Waals surface area contributed by atoms with Crippen LogP contribution in [0.15, 0.2) is 35.3 Å². The van der Waals surface area contributed by atoms with Crippen molar-refractivity contribution in [3.8, 4) is 11.1 Å². The van der Waals surface area contributed by atoms with Crippen molar-refractivity contribution >= 4 is 22.8 Å². The van der Waals surface area contributed by atoms with Crippen molar-refractivity contribution in [1.29, 1.82) is 0 Å². The molecule has 1 aromatic carbocycles. The van der Waals surface area contributed by atoms with Gasteiger partial charge in [-0.25, -0.2) is 14.2 Å². The van der Waals surface area contributed by atoms with Gasteiger partial charge >= 0.3 is 5.69 Å². The van der Waals surface area contributed by atoms with E-state index in [-0.39, 0.29) is 11.5 Å². The van der Waals surface area contributed by atoms with Crippen LogP contribution in [0.4, 0.5) is 4.39 Å². The van der Waals surface area contributed by atoms with Crippen LogP contribution in [-0.4, -0.2) is 15.0 Å². The minimum Gasteiger partial charge on any atom is -0.304 e. The zero-order chi connectivity index (χ0) is 12.7. The molecule has 0 unspecified atom stereocenters. The van der Waals surface area contributed by atoms with Crippen LogP contribution in [0, 0.1) is 5.82 Å². The first kappa shape index (κ1) is 11.0. The number of benzene rings is 1. The van der Waals surface area contributed by atoms with E-state index in [2.05, 4.69) is 15.0 Å². The summed E-state index contributed by atoms with van der Waals surface area (Å²) < 4.78 is 12.9. The highest BCUT2D eigenvalue weighted by Crippen LogP contribution is 2.31. The van der Waals surface area contributed by atoms with Crippen molar-refractivity contribution in [3.05, 3.63) is 51.8 Å². The largest absolute Gasteiger partial charge is 0.325 e. The van der Waals surface area contributed by atoms with Gasteiger partial charge in [-0.05, 0) is 17.7 Å². The summed E-state index contributed by atoms with van der Waals surface area (Å²) in [5, 5.41) is 0.393. The van der Waals surface area contributed by atoms with Gasteiger partial charge in [0.05, 0.1) is 10.5 Å². The molecule has 0 atom stereocenters. The molecule has 18 heavy (non-hydrogen) atoms. The quantitative estimate of drug-likeness (QED) is 0.709. The Hall–Kier alpha value is -2.14. The van der Waals surface area contributed by atoms with Crippen molar-refractivity contribution in [2.45, 2.75) is 0 Å². The molecule has 6 heteroatoms. The fourth-order valence-corrected chi connectivity index (χ4v) is 2.11. The van der Waals surface area contributed by atoms with E-state index in [1.165, 1.54) is 18.3 Å². The number of H-pyrrole nitrogens is 2. The predicted molar refractivity (Wildman–Crippen MR) is 67.1 cm³/mol. The summed E-state index contributed by atoms with van der Waals surface area (Å²) >= 11 is 6.09. The van der Waals surface area contributed by atoms with Crippen LogP contribution in [0.3, 0.4) is 0 Å². The first-order chi connectivity index (χ1) is 8.65. The Balaban J connectivity index is 2.36. The minimum absolute atomic E-state index is 0.331. The summed E-state index contributed by atoms with van der Waals surface area (Å²) in [7, 11) is 0. The van der Waals surface area contributed by atoms with Gasteiger partial charge in [0.25, 0.3) is 0 Å². The van der Waals surface area contributed by atoms with Crippen molar-refractivity contribution < 1.29 is 4.39 Å². The molecule has 0 saturated heterocycles. The number of hydrogen-bond donors (Lipinski definition) is 2. The third-order valence-electron chi connectivity index (χ3n) is 2.64.